The maximum atomic E-state index is 13.0. The molecule has 1 aliphatic rings. The van der Waals surface area contributed by atoms with Crippen molar-refractivity contribution >= 4 is 27.5 Å². The Morgan fingerprint density at radius 3 is 2.65 bits per heavy atom. The molecule has 0 aromatic heterocycles. The lowest BCUT2D eigenvalue weighted by atomic mass is 10.1. The van der Waals surface area contributed by atoms with E-state index >= 15 is 0 Å². The smallest absolute Gasteiger partial charge is 0.262 e. The van der Waals surface area contributed by atoms with Gasteiger partial charge in [-0.15, -0.1) is 0 Å². The Bertz CT molecular complexity index is 657. The molecule has 0 saturated heterocycles. The zero-order valence-electron chi connectivity index (χ0n) is 10.5. The highest BCUT2D eigenvalue weighted by Gasteiger charge is 2.24. The first-order valence-electron chi connectivity index (χ1n) is 6.15. The minimum atomic E-state index is -0.323. The minimum Gasteiger partial charge on any atom is -0.491 e. The molecule has 1 amide bonds. The molecule has 0 atom stereocenters. The summed E-state index contributed by atoms with van der Waals surface area (Å²) in [6.45, 7) is 0.823. The van der Waals surface area contributed by atoms with E-state index < -0.39 is 0 Å². The van der Waals surface area contributed by atoms with Crippen LogP contribution in [0.25, 0.3) is 0 Å². The molecule has 1 heterocycles. The van der Waals surface area contributed by atoms with Crippen LogP contribution in [0.1, 0.15) is 10.4 Å². The first-order chi connectivity index (χ1) is 9.65. The number of carbonyl (C=O) groups excluding carboxylic acids is 1. The van der Waals surface area contributed by atoms with Gasteiger partial charge in [0.2, 0.25) is 0 Å². The van der Waals surface area contributed by atoms with Crippen LogP contribution in [0.15, 0.2) is 46.9 Å². The summed E-state index contributed by atoms with van der Waals surface area (Å²) in [6.07, 6.45) is 0. The van der Waals surface area contributed by atoms with E-state index in [9.17, 15) is 9.18 Å². The molecule has 2 aromatic rings. The summed E-state index contributed by atoms with van der Waals surface area (Å²) in [5.41, 5.74) is 1.17. The number of nitrogens with zero attached hydrogens (tertiary/aromatic N) is 1. The van der Waals surface area contributed by atoms with E-state index in [1.54, 1.807) is 35.2 Å². The Labute approximate surface area is 124 Å². The second-order valence-electron chi connectivity index (χ2n) is 4.42. The van der Waals surface area contributed by atoms with Gasteiger partial charge in [-0.2, -0.15) is 0 Å². The van der Waals surface area contributed by atoms with Crippen molar-refractivity contribution in [1.82, 2.24) is 0 Å². The van der Waals surface area contributed by atoms with E-state index in [1.165, 1.54) is 12.1 Å². The molecule has 1 aliphatic heterocycles. The van der Waals surface area contributed by atoms with Gasteiger partial charge in [-0.1, -0.05) is 15.9 Å². The topological polar surface area (TPSA) is 29.5 Å². The van der Waals surface area contributed by atoms with Crippen molar-refractivity contribution in [2.45, 2.75) is 0 Å². The van der Waals surface area contributed by atoms with Gasteiger partial charge >= 0.3 is 0 Å². The zero-order chi connectivity index (χ0) is 14.1. The fraction of sp³-hybridized carbons (Fsp3) is 0.133. The predicted octanol–water partition coefficient (Wildman–Crippen LogP) is 3.63. The van der Waals surface area contributed by atoms with Crippen LogP contribution < -0.4 is 9.64 Å². The monoisotopic (exact) mass is 335 g/mol. The molecule has 0 saturated carbocycles. The van der Waals surface area contributed by atoms with E-state index in [-0.39, 0.29) is 11.7 Å². The molecular weight excluding hydrogens is 325 g/mol. The van der Waals surface area contributed by atoms with Crippen molar-refractivity contribution in [2.24, 2.45) is 0 Å². The normalized spacial score (nSPS) is 14.5. The summed E-state index contributed by atoms with van der Waals surface area (Å²) in [4.78, 5) is 14.2. The summed E-state index contributed by atoms with van der Waals surface area (Å²) in [5.74, 6) is 0.0993. The fourth-order valence-corrected chi connectivity index (χ4v) is 2.49. The molecule has 20 heavy (non-hydrogen) atoms. The lowest BCUT2D eigenvalue weighted by Gasteiger charge is -2.19. The number of halogens is 2. The molecule has 3 rings (SSSR count). The van der Waals surface area contributed by atoms with Crippen LogP contribution in [0, 0.1) is 5.82 Å². The highest BCUT2D eigenvalue weighted by Crippen LogP contribution is 2.29. The van der Waals surface area contributed by atoms with E-state index in [0.29, 0.717) is 30.2 Å². The average Bonchev–Trinajstić information content (AvgIpc) is 2.59. The molecule has 102 valence electrons. The van der Waals surface area contributed by atoms with Crippen molar-refractivity contribution in [1.29, 1.82) is 0 Å². The van der Waals surface area contributed by atoms with Gasteiger partial charge in [0.05, 0.1) is 12.1 Å². The molecule has 3 nitrogen and oxygen atoms in total. The number of ether oxygens (including phenoxy) is 1. The van der Waals surface area contributed by atoms with Crippen molar-refractivity contribution in [2.75, 3.05) is 18.1 Å². The van der Waals surface area contributed by atoms with E-state index in [2.05, 4.69) is 15.9 Å². The van der Waals surface area contributed by atoms with Gasteiger partial charge in [0.15, 0.2) is 0 Å². The molecule has 0 fully saturated rings. The summed E-state index contributed by atoms with van der Waals surface area (Å²) in [7, 11) is 0. The predicted molar refractivity (Wildman–Crippen MR) is 77.7 cm³/mol. The fourth-order valence-electron chi connectivity index (χ4n) is 2.15. The number of amides is 1. The molecule has 5 heteroatoms. The Balaban J connectivity index is 2.00. The summed E-state index contributed by atoms with van der Waals surface area (Å²) in [6, 6.07) is 11.2. The maximum absolute atomic E-state index is 13.0. The molecule has 0 unspecified atom stereocenters. The number of hydrogen-bond acceptors (Lipinski definition) is 2. The van der Waals surface area contributed by atoms with Gasteiger partial charge in [-0.25, -0.2) is 4.39 Å². The van der Waals surface area contributed by atoms with Gasteiger partial charge in [0.25, 0.3) is 5.91 Å². The molecule has 0 bridgehead atoms. The van der Waals surface area contributed by atoms with Crippen LogP contribution in [-0.4, -0.2) is 19.1 Å². The molecule has 2 aromatic carbocycles. The lowest BCUT2D eigenvalue weighted by Crippen LogP contribution is -2.32. The van der Waals surface area contributed by atoms with Crippen LogP contribution >= 0.6 is 15.9 Å². The van der Waals surface area contributed by atoms with Gasteiger partial charge in [-0.05, 0) is 42.5 Å². The largest absolute Gasteiger partial charge is 0.491 e. The van der Waals surface area contributed by atoms with Crippen LogP contribution in [0.2, 0.25) is 0 Å². The van der Waals surface area contributed by atoms with Crippen molar-refractivity contribution in [3.63, 3.8) is 0 Å². The third-order valence-corrected chi connectivity index (χ3v) is 3.62. The van der Waals surface area contributed by atoms with E-state index in [0.717, 1.165) is 4.47 Å². The molecule has 0 N–H and O–H groups in total. The quantitative estimate of drug-likeness (QED) is 0.796. The standard InChI is InChI=1S/C15H11BrFNO2/c16-10-1-6-13-14(9-10)20-8-7-18(15(13)19)12-4-2-11(17)3-5-12/h1-6,9H,7-8H2. The number of carbonyl (C=O) groups is 1. The minimum absolute atomic E-state index is 0.142. The highest BCUT2D eigenvalue weighted by atomic mass is 79.9. The van der Waals surface area contributed by atoms with Crippen molar-refractivity contribution in [3.05, 3.63) is 58.3 Å². The average molecular weight is 336 g/mol. The zero-order valence-corrected chi connectivity index (χ0v) is 12.1. The SMILES string of the molecule is O=C1c2ccc(Br)cc2OCCN1c1ccc(F)cc1. The number of benzene rings is 2. The summed E-state index contributed by atoms with van der Waals surface area (Å²) >= 11 is 3.36. The second-order valence-corrected chi connectivity index (χ2v) is 5.34. The highest BCUT2D eigenvalue weighted by molar-refractivity contribution is 9.10. The second kappa shape index (κ2) is 5.25. The van der Waals surface area contributed by atoms with Gasteiger partial charge in [0.1, 0.15) is 18.2 Å². The van der Waals surface area contributed by atoms with Gasteiger partial charge in [-0.3, -0.25) is 4.79 Å². The molecular formula is C15H11BrFNO2. The van der Waals surface area contributed by atoms with E-state index in [4.69, 9.17) is 4.74 Å². The van der Waals surface area contributed by atoms with Crippen LogP contribution in [0.5, 0.6) is 5.75 Å². The Hall–Kier alpha value is -1.88. The Morgan fingerprint density at radius 2 is 1.90 bits per heavy atom. The van der Waals surface area contributed by atoms with Crippen LogP contribution in [-0.2, 0) is 0 Å². The molecule has 0 spiro atoms. The molecule has 0 aliphatic carbocycles. The number of fused-ring (bicyclic) bond motifs is 1. The van der Waals surface area contributed by atoms with E-state index in [1.807, 2.05) is 0 Å². The number of anilines is 1. The van der Waals surface area contributed by atoms with Crippen LogP contribution in [0.4, 0.5) is 10.1 Å². The van der Waals surface area contributed by atoms with Crippen molar-refractivity contribution in [3.8, 4) is 5.75 Å². The first kappa shape index (κ1) is 13.1. The first-order valence-corrected chi connectivity index (χ1v) is 6.94. The van der Waals surface area contributed by atoms with Crippen LogP contribution in [0.3, 0.4) is 0 Å². The summed E-state index contributed by atoms with van der Waals surface area (Å²) in [5, 5.41) is 0. The number of hydrogen-bond donors (Lipinski definition) is 0. The third kappa shape index (κ3) is 2.41. The third-order valence-electron chi connectivity index (χ3n) is 3.13. The van der Waals surface area contributed by atoms with Gasteiger partial charge in [0, 0.05) is 10.2 Å². The van der Waals surface area contributed by atoms with Gasteiger partial charge < -0.3 is 9.64 Å². The Morgan fingerprint density at radius 1 is 1.15 bits per heavy atom. The lowest BCUT2D eigenvalue weighted by molar-refractivity contribution is 0.0990. The molecule has 0 radical (unpaired) electrons. The Kier molecular flexibility index (Phi) is 3.44. The summed E-state index contributed by atoms with van der Waals surface area (Å²) < 4.78 is 19.5. The number of rotatable bonds is 1. The maximum Gasteiger partial charge on any atom is 0.262 e. The van der Waals surface area contributed by atoms with Crippen molar-refractivity contribution < 1.29 is 13.9 Å².